The highest BCUT2D eigenvalue weighted by atomic mass is 15.2. The Kier molecular flexibility index (Phi) is 4.75. The van der Waals surface area contributed by atoms with Crippen molar-refractivity contribution in [3.05, 3.63) is 12.4 Å². The van der Waals surface area contributed by atoms with Gasteiger partial charge in [-0.15, -0.1) is 0 Å². The van der Waals surface area contributed by atoms with Crippen LogP contribution in [0.4, 0.5) is 11.6 Å². The molecule has 0 radical (unpaired) electrons. The Morgan fingerprint density at radius 2 is 2.06 bits per heavy atom. The zero-order valence-electron chi connectivity index (χ0n) is 11.3. The van der Waals surface area contributed by atoms with E-state index in [1.165, 1.54) is 19.4 Å². The molecule has 1 aliphatic heterocycles. The highest BCUT2D eigenvalue weighted by Gasteiger charge is 2.22. The molecule has 1 aliphatic rings. The van der Waals surface area contributed by atoms with Gasteiger partial charge in [0.25, 0.3) is 0 Å². The molecule has 0 amide bonds. The van der Waals surface area contributed by atoms with Crippen LogP contribution in [0, 0.1) is 0 Å². The van der Waals surface area contributed by atoms with E-state index in [-0.39, 0.29) is 0 Å². The first kappa shape index (κ1) is 13.1. The van der Waals surface area contributed by atoms with E-state index in [1.54, 1.807) is 12.4 Å². The van der Waals surface area contributed by atoms with Crippen LogP contribution in [0.5, 0.6) is 0 Å². The lowest BCUT2D eigenvalue weighted by atomic mass is 10.2. The number of rotatable bonds is 6. The monoisotopic (exact) mass is 249 g/mol. The third-order valence-corrected chi connectivity index (χ3v) is 3.42. The van der Waals surface area contributed by atoms with Crippen molar-refractivity contribution in [2.45, 2.75) is 32.7 Å². The van der Waals surface area contributed by atoms with Crippen LogP contribution in [0.15, 0.2) is 12.4 Å². The van der Waals surface area contributed by atoms with Crippen molar-refractivity contribution in [2.75, 3.05) is 36.8 Å². The maximum atomic E-state index is 4.47. The summed E-state index contributed by atoms with van der Waals surface area (Å²) in [5.41, 5.74) is 0. The summed E-state index contributed by atoms with van der Waals surface area (Å²) in [6.45, 7) is 8.47. The Morgan fingerprint density at radius 3 is 2.78 bits per heavy atom. The molecule has 0 spiro atoms. The molecule has 2 rings (SSSR count). The Labute approximate surface area is 109 Å². The van der Waals surface area contributed by atoms with E-state index in [0.29, 0.717) is 6.04 Å². The van der Waals surface area contributed by atoms with Crippen LogP contribution in [0.3, 0.4) is 0 Å². The van der Waals surface area contributed by atoms with Crippen LogP contribution in [0.25, 0.3) is 0 Å². The first-order chi connectivity index (χ1) is 8.83. The fraction of sp³-hybridized carbons (Fsp3) is 0.692. The molecule has 5 nitrogen and oxygen atoms in total. The van der Waals surface area contributed by atoms with Crippen molar-refractivity contribution >= 4 is 11.6 Å². The molecular weight excluding hydrogens is 226 g/mol. The lowest BCUT2D eigenvalue weighted by Gasteiger charge is -2.23. The molecule has 100 valence electrons. The van der Waals surface area contributed by atoms with E-state index in [4.69, 9.17) is 0 Å². The van der Waals surface area contributed by atoms with E-state index < -0.39 is 0 Å². The standard InChI is InChI=1S/C13H23N5/c1-3-15-12-9-14-10-13(17-12)16-8-11-6-5-7-18(11)4-2/h9-11H,3-8H2,1-2H3,(H2,15,16,17). The number of nitrogens with zero attached hydrogens (tertiary/aromatic N) is 3. The maximum Gasteiger partial charge on any atom is 0.147 e. The van der Waals surface area contributed by atoms with E-state index in [0.717, 1.165) is 31.3 Å². The average Bonchev–Trinajstić information content (AvgIpc) is 2.84. The molecule has 0 bridgehead atoms. The van der Waals surface area contributed by atoms with Gasteiger partial charge in [-0.25, -0.2) is 4.98 Å². The number of hydrogen-bond donors (Lipinski definition) is 2. The quantitative estimate of drug-likeness (QED) is 0.805. The zero-order chi connectivity index (χ0) is 12.8. The van der Waals surface area contributed by atoms with Crippen molar-refractivity contribution in [3.8, 4) is 0 Å². The largest absolute Gasteiger partial charge is 0.369 e. The van der Waals surface area contributed by atoms with Gasteiger partial charge in [-0.2, -0.15) is 0 Å². The van der Waals surface area contributed by atoms with Crippen molar-refractivity contribution in [1.82, 2.24) is 14.9 Å². The number of hydrogen-bond acceptors (Lipinski definition) is 5. The molecule has 2 N–H and O–H groups in total. The van der Waals surface area contributed by atoms with Crippen molar-refractivity contribution < 1.29 is 0 Å². The minimum atomic E-state index is 0.639. The van der Waals surface area contributed by atoms with Crippen LogP contribution in [-0.4, -0.2) is 47.1 Å². The second-order valence-corrected chi connectivity index (χ2v) is 4.63. The summed E-state index contributed by atoms with van der Waals surface area (Å²) in [4.78, 5) is 11.2. The van der Waals surface area contributed by atoms with Gasteiger partial charge in [0, 0.05) is 19.1 Å². The molecule has 1 saturated heterocycles. The third kappa shape index (κ3) is 3.32. The summed E-state index contributed by atoms with van der Waals surface area (Å²) in [5.74, 6) is 1.69. The Bertz CT molecular complexity index is 368. The van der Waals surface area contributed by atoms with Crippen molar-refractivity contribution in [1.29, 1.82) is 0 Å². The third-order valence-electron chi connectivity index (χ3n) is 3.42. The van der Waals surface area contributed by atoms with Gasteiger partial charge in [0.15, 0.2) is 0 Å². The van der Waals surface area contributed by atoms with Gasteiger partial charge in [-0.05, 0) is 32.9 Å². The van der Waals surface area contributed by atoms with Gasteiger partial charge in [0.05, 0.1) is 12.4 Å². The fourth-order valence-corrected chi connectivity index (χ4v) is 2.48. The molecule has 0 aliphatic carbocycles. The number of aromatic nitrogens is 2. The van der Waals surface area contributed by atoms with Crippen LogP contribution in [0.2, 0.25) is 0 Å². The summed E-state index contributed by atoms with van der Waals surface area (Å²) < 4.78 is 0. The van der Waals surface area contributed by atoms with Crippen LogP contribution in [-0.2, 0) is 0 Å². The van der Waals surface area contributed by atoms with Gasteiger partial charge in [-0.1, -0.05) is 6.92 Å². The predicted octanol–water partition coefficient (Wildman–Crippen LogP) is 1.80. The molecule has 1 aromatic heterocycles. The van der Waals surface area contributed by atoms with Gasteiger partial charge < -0.3 is 10.6 Å². The van der Waals surface area contributed by atoms with E-state index in [1.807, 2.05) is 0 Å². The minimum Gasteiger partial charge on any atom is -0.369 e. The van der Waals surface area contributed by atoms with Crippen LogP contribution < -0.4 is 10.6 Å². The van der Waals surface area contributed by atoms with E-state index in [9.17, 15) is 0 Å². The first-order valence-corrected chi connectivity index (χ1v) is 6.87. The SMILES string of the molecule is CCNc1cncc(NCC2CCCN2CC)n1. The lowest BCUT2D eigenvalue weighted by molar-refractivity contribution is 0.277. The smallest absolute Gasteiger partial charge is 0.147 e. The van der Waals surface area contributed by atoms with Gasteiger partial charge in [0.1, 0.15) is 11.6 Å². The van der Waals surface area contributed by atoms with Gasteiger partial charge in [-0.3, -0.25) is 9.88 Å². The van der Waals surface area contributed by atoms with E-state index in [2.05, 4.69) is 39.3 Å². The molecule has 5 heteroatoms. The summed E-state index contributed by atoms with van der Waals surface area (Å²) in [6.07, 6.45) is 6.12. The normalized spacial score (nSPS) is 20.0. The molecule has 1 unspecified atom stereocenters. The molecular formula is C13H23N5. The highest BCUT2D eigenvalue weighted by molar-refractivity contribution is 5.41. The van der Waals surface area contributed by atoms with Crippen molar-refractivity contribution in [3.63, 3.8) is 0 Å². The minimum absolute atomic E-state index is 0.639. The Balaban J connectivity index is 1.87. The van der Waals surface area contributed by atoms with Gasteiger partial charge in [0.2, 0.25) is 0 Å². The molecule has 0 aromatic carbocycles. The fourth-order valence-electron chi connectivity index (χ4n) is 2.48. The molecule has 2 heterocycles. The van der Waals surface area contributed by atoms with Crippen LogP contribution in [0.1, 0.15) is 26.7 Å². The van der Waals surface area contributed by atoms with Crippen LogP contribution >= 0.6 is 0 Å². The van der Waals surface area contributed by atoms with E-state index >= 15 is 0 Å². The summed E-state index contributed by atoms with van der Waals surface area (Å²) >= 11 is 0. The second kappa shape index (κ2) is 6.54. The summed E-state index contributed by atoms with van der Waals surface area (Å²) in [7, 11) is 0. The zero-order valence-corrected chi connectivity index (χ0v) is 11.3. The summed E-state index contributed by atoms with van der Waals surface area (Å²) in [5, 5.41) is 6.57. The number of anilines is 2. The number of likely N-dealkylation sites (tertiary alicyclic amines) is 1. The lowest BCUT2D eigenvalue weighted by Crippen LogP contribution is -2.34. The average molecular weight is 249 g/mol. The number of likely N-dealkylation sites (N-methyl/N-ethyl adjacent to an activating group) is 1. The molecule has 1 atom stereocenters. The Hall–Kier alpha value is -1.36. The first-order valence-electron chi connectivity index (χ1n) is 6.87. The number of nitrogens with one attached hydrogen (secondary N) is 2. The topological polar surface area (TPSA) is 53.1 Å². The van der Waals surface area contributed by atoms with Crippen molar-refractivity contribution in [2.24, 2.45) is 0 Å². The highest BCUT2D eigenvalue weighted by Crippen LogP contribution is 2.17. The second-order valence-electron chi connectivity index (χ2n) is 4.63. The molecule has 0 saturated carbocycles. The summed E-state index contributed by atoms with van der Waals surface area (Å²) in [6, 6.07) is 0.639. The Morgan fingerprint density at radius 1 is 1.28 bits per heavy atom. The maximum absolute atomic E-state index is 4.47. The van der Waals surface area contributed by atoms with Gasteiger partial charge >= 0.3 is 0 Å². The predicted molar refractivity (Wildman–Crippen MR) is 75.0 cm³/mol. The molecule has 18 heavy (non-hydrogen) atoms. The molecule has 1 fully saturated rings. The molecule has 1 aromatic rings.